The van der Waals surface area contributed by atoms with E-state index in [1.54, 1.807) is 19.3 Å². The summed E-state index contributed by atoms with van der Waals surface area (Å²) in [6.45, 7) is 0.275. The summed E-state index contributed by atoms with van der Waals surface area (Å²) in [5.74, 6) is 0.0350. The number of nitrogens with two attached hydrogens (primary N) is 1. The second-order valence-corrected chi connectivity index (χ2v) is 7.04. The van der Waals surface area contributed by atoms with Crippen molar-refractivity contribution in [3.05, 3.63) is 59.9 Å². The zero-order chi connectivity index (χ0) is 15.3. The molecule has 1 aromatic carbocycles. The van der Waals surface area contributed by atoms with E-state index in [0.717, 1.165) is 11.3 Å². The first-order valence-corrected chi connectivity index (χ1v) is 8.27. The van der Waals surface area contributed by atoms with Crippen LogP contribution in [-0.2, 0) is 23.0 Å². The first-order valence-electron chi connectivity index (χ1n) is 6.66. The van der Waals surface area contributed by atoms with Crippen LogP contribution in [-0.4, -0.2) is 30.5 Å². The van der Waals surface area contributed by atoms with Crippen molar-refractivity contribution >= 4 is 15.7 Å². The summed E-state index contributed by atoms with van der Waals surface area (Å²) in [4.78, 5) is 4.14. The molecule has 5 nitrogen and oxygen atoms in total. The molecule has 1 heterocycles. The molecule has 0 spiro atoms. The largest absolute Gasteiger partial charge is 0.398 e. The number of anilines is 1. The minimum absolute atomic E-state index is 0.0350. The second kappa shape index (κ2) is 6.69. The minimum Gasteiger partial charge on any atom is -0.398 e. The van der Waals surface area contributed by atoms with Gasteiger partial charge < -0.3 is 5.73 Å². The molecule has 0 amide bonds. The third-order valence-electron chi connectivity index (χ3n) is 3.27. The summed E-state index contributed by atoms with van der Waals surface area (Å²) in [5.41, 5.74) is 8.03. The minimum atomic E-state index is -3.34. The van der Waals surface area contributed by atoms with Crippen molar-refractivity contribution in [2.75, 3.05) is 18.5 Å². The number of nitrogens with zero attached hydrogens (tertiary/aromatic N) is 2. The van der Waals surface area contributed by atoms with Crippen LogP contribution >= 0.6 is 0 Å². The Labute approximate surface area is 125 Å². The molecule has 2 rings (SSSR count). The fourth-order valence-electron chi connectivity index (χ4n) is 1.95. The summed E-state index contributed by atoms with van der Waals surface area (Å²) in [6.07, 6.45) is 2.06. The molecule has 0 aliphatic rings. The molecule has 0 radical (unpaired) electrons. The lowest BCUT2D eigenvalue weighted by molar-refractivity contribution is 0.467. The van der Waals surface area contributed by atoms with Crippen LogP contribution in [0.15, 0.2) is 48.7 Å². The number of nitrogen functional groups attached to an aromatic ring is 1. The molecule has 0 saturated heterocycles. The fourth-order valence-corrected chi connectivity index (χ4v) is 3.07. The SMILES string of the molecule is CN(Cc1ccccc1N)S(=O)(=O)CCc1ccccn1. The Morgan fingerprint density at radius 1 is 1.14 bits per heavy atom. The lowest BCUT2D eigenvalue weighted by Crippen LogP contribution is -2.30. The highest BCUT2D eigenvalue weighted by Gasteiger charge is 2.18. The molecule has 1 aromatic heterocycles. The molecule has 0 bridgehead atoms. The highest BCUT2D eigenvalue weighted by molar-refractivity contribution is 7.89. The zero-order valence-electron chi connectivity index (χ0n) is 11.9. The summed E-state index contributed by atoms with van der Waals surface area (Å²) in [6, 6.07) is 12.8. The Bertz CT molecular complexity index is 687. The van der Waals surface area contributed by atoms with Crippen molar-refractivity contribution in [1.82, 2.24) is 9.29 Å². The maximum Gasteiger partial charge on any atom is 0.214 e. The van der Waals surface area contributed by atoms with Crippen LogP contribution in [0.2, 0.25) is 0 Å². The normalized spacial score (nSPS) is 11.7. The summed E-state index contributed by atoms with van der Waals surface area (Å²) in [5, 5.41) is 0. The molecular formula is C15H19N3O2S. The van der Waals surface area contributed by atoms with E-state index in [2.05, 4.69) is 4.98 Å². The Morgan fingerprint density at radius 3 is 2.52 bits per heavy atom. The van der Waals surface area contributed by atoms with Crippen LogP contribution in [0.25, 0.3) is 0 Å². The van der Waals surface area contributed by atoms with E-state index in [9.17, 15) is 8.42 Å². The van der Waals surface area contributed by atoms with Gasteiger partial charge in [-0.05, 0) is 23.8 Å². The van der Waals surface area contributed by atoms with Gasteiger partial charge in [-0.1, -0.05) is 24.3 Å². The molecule has 0 atom stereocenters. The Balaban J connectivity index is 2.00. The highest BCUT2D eigenvalue weighted by atomic mass is 32.2. The van der Waals surface area contributed by atoms with Crippen LogP contribution in [0.1, 0.15) is 11.3 Å². The lowest BCUT2D eigenvalue weighted by Gasteiger charge is -2.18. The number of sulfonamides is 1. The molecule has 0 fully saturated rings. The van der Waals surface area contributed by atoms with Crippen molar-refractivity contribution in [1.29, 1.82) is 0 Å². The maximum absolute atomic E-state index is 12.3. The van der Waals surface area contributed by atoms with Crippen LogP contribution in [0.3, 0.4) is 0 Å². The average Bonchev–Trinajstić information content (AvgIpc) is 2.48. The topological polar surface area (TPSA) is 76.3 Å². The second-order valence-electron chi connectivity index (χ2n) is 4.84. The van der Waals surface area contributed by atoms with E-state index in [4.69, 9.17) is 5.73 Å². The summed E-state index contributed by atoms with van der Waals surface area (Å²) < 4.78 is 25.9. The van der Waals surface area contributed by atoms with Crippen LogP contribution < -0.4 is 5.73 Å². The molecule has 2 aromatic rings. The molecule has 0 aliphatic heterocycles. The van der Waals surface area contributed by atoms with E-state index in [-0.39, 0.29) is 12.3 Å². The van der Waals surface area contributed by atoms with E-state index >= 15 is 0 Å². The van der Waals surface area contributed by atoms with Gasteiger partial charge in [0.25, 0.3) is 0 Å². The van der Waals surface area contributed by atoms with Gasteiger partial charge in [0, 0.05) is 37.6 Å². The molecule has 112 valence electrons. The molecule has 21 heavy (non-hydrogen) atoms. The predicted molar refractivity (Wildman–Crippen MR) is 84.0 cm³/mol. The number of aryl methyl sites for hydroxylation is 1. The van der Waals surface area contributed by atoms with Gasteiger partial charge in [-0.15, -0.1) is 0 Å². The number of rotatable bonds is 6. The zero-order valence-corrected chi connectivity index (χ0v) is 12.8. The van der Waals surface area contributed by atoms with Crippen molar-refractivity contribution in [2.45, 2.75) is 13.0 Å². The Morgan fingerprint density at radius 2 is 1.86 bits per heavy atom. The number of hydrogen-bond acceptors (Lipinski definition) is 4. The third kappa shape index (κ3) is 4.27. The average molecular weight is 305 g/mol. The van der Waals surface area contributed by atoms with Gasteiger partial charge in [0.15, 0.2) is 0 Å². The van der Waals surface area contributed by atoms with Crippen LogP contribution in [0, 0.1) is 0 Å². The van der Waals surface area contributed by atoms with Gasteiger partial charge >= 0.3 is 0 Å². The highest BCUT2D eigenvalue weighted by Crippen LogP contribution is 2.15. The van der Waals surface area contributed by atoms with Crippen molar-refractivity contribution in [3.8, 4) is 0 Å². The van der Waals surface area contributed by atoms with Gasteiger partial charge in [-0.25, -0.2) is 12.7 Å². The van der Waals surface area contributed by atoms with Gasteiger partial charge in [0.1, 0.15) is 0 Å². The Kier molecular flexibility index (Phi) is 4.93. The van der Waals surface area contributed by atoms with Gasteiger partial charge in [0.05, 0.1) is 5.75 Å². The van der Waals surface area contributed by atoms with E-state index in [1.165, 1.54) is 4.31 Å². The van der Waals surface area contributed by atoms with E-state index in [0.29, 0.717) is 12.1 Å². The van der Waals surface area contributed by atoms with E-state index < -0.39 is 10.0 Å². The number of hydrogen-bond donors (Lipinski definition) is 1. The molecule has 6 heteroatoms. The molecule has 0 unspecified atom stereocenters. The standard InChI is InChI=1S/C15H19N3O2S/c1-18(12-13-6-2-3-8-15(13)16)21(19,20)11-9-14-7-4-5-10-17-14/h2-8,10H,9,11-12,16H2,1H3. The number of aromatic nitrogens is 1. The van der Waals surface area contributed by atoms with Crippen molar-refractivity contribution in [2.24, 2.45) is 0 Å². The van der Waals surface area contributed by atoms with Gasteiger partial charge in [-0.3, -0.25) is 4.98 Å². The maximum atomic E-state index is 12.3. The quantitative estimate of drug-likeness (QED) is 0.824. The number of benzene rings is 1. The Hall–Kier alpha value is -1.92. The molecule has 0 saturated carbocycles. The fraction of sp³-hybridized carbons (Fsp3) is 0.267. The van der Waals surface area contributed by atoms with Crippen molar-refractivity contribution in [3.63, 3.8) is 0 Å². The van der Waals surface area contributed by atoms with Crippen molar-refractivity contribution < 1.29 is 8.42 Å². The van der Waals surface area contributed by atoms with Crippen LogP contribution in [0.5, 0.6) is 0 Å². The third-order valence-corrected chi connectivity index (χ3v) is 5.06. The van der Waals surface area contributed by atoms with Gasteiger partial charge in [-0.2, -0.15) is 0 Å². The van der Waals surface area contributed by atoms with Gasteiger partial charge in [0.2, 0.25) is 10.0 Å². The van der Waals surface area contributed by atoms with E-state index in [1.807, 2.05) is 36.4 Å². The number of pyridine rings is 1. The summed E-state index contributed by atoms with van der Waals surface area (Å²) in [7, 11) is -1.77. The number of para-hydroxylation sites is 1. The molecule has 0 aliphatic carbocycles. The molecular weight excluding hydrogens is 286 g/mol. The molecule has 2 N–H and O–H groups in total. The summed E-state index contributed by atoms with van der Waals surface area (Å²) >= 11 is 0. The van der Waals surface area contributed by atoms with Crippen LogP contribution in [0.4, 0.5) is 5.69 Å². The predicted octanol–water partition coefficient (Wildman–Crippen LogP) is 1.67. The lowest BCUT2D eigenvalue weighted by atomic mass is 10.2. The monoisotopic (exact) mass is 305 g/mol. The first kappa shape index (κ1) is 15.5. The smallest absolute Gasteiger partial charge is 0.214 e. The first-order chi connectivity index (χ1) is 9.99.